The number of benzene rings is 1. The molecule has 2 N–H and O–H groups in total. The van der Waals surface area contributed by atoms with E-state index in [0.717, 1.165) is 25.0 Å². The van der Waals surface area contributed by atoms with Gasteiger partial charge in [0.1, 0.15) is 12.7 Å². The van der Waals surface area contributed by atoms with Crippen molar-refractivity contribution in [2.75, 3.05) is 31.1 Å². The highest BCUT2D eigenvalue weighted by Gasteiger charge is 2.30. The maximum atomic E-state index is 13.8. The molecule has 1 aromatic carbocycles. The van der Waals surface area contributed by atoms with Crippen LogP contribution in [0.5, 0.6) is 0 Å². The summed E-state index contributed by atoms with van der Waals surface area (Å²) in [5.41, 5.74) is 6.45. The van der Waals surface area contributed by atoms with E-state index >= 15 is 0 Å². The average molecular weight is 381 g/mol. The number of hydrogen-bond donors (Lipinski definition) is 1. The Morgan fingerprint density at radius 1 is 1.19 bits per heavy atom. The topological polar surface area (TPSA) is 67.4 Å². The fraction of sp³-hybridized carbons (Fsp3) is 0.556. The number of aromatic nitrogens is 2. The van der Waals surface area contributed by atoms with Crippen LogP contribution in [0, 0.1) is 11.6 Å². The first-order valence-electron chi connectivity index (χ1n) is 9.21. The van der Waals surface area contributed by atoms with Gasteiger partial charge in [0.2, 0.25) is 11.9 Å². The minimum Gasteiger partial charge on any atom is -0.341 e. The van der Waals surface area contributed by atoms with Gasteiger partial charge in [-0.25, -0.2) is 18.2 Å². The number of nitrogens with zero attached hydrogens (tertiary/aromatic N) is 4. The number of halogens is 3. The highest BCUT2D eigenvalue weighted by atomic mass is 19.2. The number of fused-ring (bicyclic) bond motifs is 1. The second-order valence-corrected chi connectivity index (χ2v) is 7.26. The Morgan fingerprint density at radius 2 is 1.89 bits per heavy atom. The van der Waals surface area contributed by atoms with E-state index in [0.29, 0.717) is 31.1 Å². The SMILES string of the molecule is N[C@@H]1CN(c2nc3cc(F)c(F)cc3n2CC(=O)N2CCCC2)CC[C@H]1F. The van der Waals surface area contributed by atoms with Crippen molar-refractivity contribution >= 4 is 22.9 Å². The summed E-state index contributed by atoms with van der Waals surface area (Å²) >= 11 is 0. The van der Waals surface area contributed by atoms with Gasteiger partial charge in [0.05, 0.1) is 17.1 Å². The van der Waals surface area contributed by atoms with Crippen LogP contribution >= 0.6 is 0 Å². The van der Waals surface area contributed by atoms with E-state index < -0.39 is 23.8 Å². The van der Waals surface area contributed by atoms with Gasteiger partial charge >= 0.3 is 0 Å². The Balaban J connectivity index is 1.73. The largest absolute Gasteiger partial charge is 0.341 e. The quantitative estimate of drug-likeness (QED) is 0.881. The van der Waals surface area contributed by atoms with Crippen molar-refractivity contribution < 1.29 is 18.0 Å². The van der Waals surface area contributed by atoms with E-state index in [9.17, 15) is 18.0 Å². The second-order valence-electron chi connectivity index (χ2n) is 7.26. The zero-order chi connectivity index (χ0) is 19.1. The lowest BCUT2D eigenvalue weighted by Gasteiger charge is -2.34. The number of rotatable bonds is 3. The number of carbonyl (C=O) groups is 1. The molecule has 6 nitrogen and oxygen atoms in total. The van der Waals surface area contributed by atoms with Crippen molar-refractivity contribution in [3.8, 4) is 0 Å². The summed E-state index contributed by atoms with van der Waals surface area (Å²) in [5, 5.41) is 0. The smallest absolute Gasteiger partial charge is 0.242 e. The van der Waals surface area contributed by atoms with Gasteiger partial charge in [0, 0.05) is 38.3 Å². The number of hydrogen-bond acceptors (Lipinski definition) is 4. The van der Waals surface area contributed by atoms with Gasteiger partial charge < -0.3 is 20.1 Å². The molecule has 146 valence electrons. The third-order valence-electron chi connectivity index (χ3n) is 5.38. The zero-order valence-electron chi connectivity index (χ0n) is 14.9. The van der Waals surface area contributed by atoms with Crippen molar-refractivity contribution in [2.45, 2.75) is 38.0 Å². The van der Waals surface area contributed by atoms with Crippen molar-refractivity contribution in [2.24, 2.45) is 5.73 Å². The predicted octanol–water partition coefficient (Wildman–Crippen LogP) is 1.81. The van der Waals surface area contributed by atoms with Crippen molar-refractivity contribution in [3.63, 3.8) is 0 Å². The molecule has 0 saturated carbocycles. The molecular weight excluding hydrogens is 359 g/mol. The van der Waals surface area contributed by atoms with E-state index in [-0.39, 0.29) is 30.9 Å². The van der Waals surface area contributed by atoms with Gasteiger partial charge in [-0.3, -0.25) is 4.79 Å². The molecule has 2 atom stereocenters. The van der Waals surface area contributed by atoms with Crippen LogP contribution in [-0.4, -0.2) is 58.8 Å². The molecule has 2 aliphatic heterocycles. The second kappa shape index (κ2) is 7.03. The Labute approximate surface area is 154 Å². The fourth-order valence-electron chi connectivity index (χ4n) is 3.84. The Morgan fingerprint density at radius 3 is 2.59 bits per heavy atom. The maximum Gasteiger partial charge on any atom is 0.242 e. The fourth-order valence-corrected chi connectivity index (χ4v) is 3.84. The minimum atomic E-state index is -1.10. The summed E-state index contributed by atoms with van der Waals surface area (Å²) in [5.74, 6) is -1.70. The molecule has 1 aromatic heterocycles. The zero-order valence-corrected chi connectivity index (χ0v) is 14.9. The number of piperidine rings is 1. The van der Waals surface area contributed by atoms with Crippen LogP contribution in [-0.2, 0) is 11.3 Å². The van der Waals surface area contributed by atoms with Crippen LogP contribution in [0.1, 0.15) is 19.3 Å². The van der Waals surface area contributed by atoms with E-state index in [1.54, 1.807) is 14.4 Å². The van der Waals surface area contributed by atoms with Crippen molar-refractivity contribution in [1.29, 1.82) is 0 Å². The molecule has 0 spiro atoms. The summed E-state index contributed by atoms with van der Waals surface area (Å²) in [7, 11) is 0. The Hall–Kier alpha value is -2.29. The van der Waals surface area contributed by atoms with Crippen molar-refractivity contribution in [3.05, 3.63) is 23.8 Å². The summed E-state index contributed by atoms with van der Waals surface area (Å²) in [6.07, 6.45) is 1.07. The molecule has 27 heavy (non-hydrogen) atoms. The average Bonchev–Trinajstić information content (AvgIpc) is 3.27. The molecule has 0 unspecified atom stereocenters. The molecular formula is C18H22F3N5O. The molecule has 0 radical (unpaired) electrons. The highest BCUT2D eigenvalue weighted by molar-refractivity contribution is 5.83. The lowest BCUT2D eigenvalue weighted by molar-refractivity contribution is -0.130. The van der Waals surface area contributed by atoms with Gasteiger partial charge in [-0.1, -0.05) is 0 Å². The number of anilines is 1. The first-order valence-corrected chi connectivity index (χ1v) is 9.21. The van der Waals surface area contributed by atoms with Crippen molar-refractivity contribution in [1.82, 2.24) is 14.5 Å². The van der Waals surface area contributed by atoms with Crippen LogP contribution in [0.25, 0.3) is 11.0 Å². The molecule has 4 rings (SSSR count). The Kier molecular flexibility index (Phi) is 4.71. The summed E-state index contributed by atoms with van der Waals surface area (Å²) in [6.45, 7) is 1.97. The lowest BCUT2D eigenvalue weighted by Crippen LogP contribution is -2.50. The molecule has 3 heterocycles. The molecule has 0 bridgehead atoms. The van der Waals surface area contributed by atoms with E-state index in [2.05, 4.69) is 4.98 Å². The first-order chi connectivity index (χ1) is 12.9. The number of alkyl halides is 1. The summed E-state index contributed by atoms with van der Waals surface area (Å²) in [6, 6.07) is 1.40. The molecule has 0 aliphatic carbocycles. The van der Waals surface area contributed by atoms with Gasteiger partial charge in [-0.15, -0.1) is 0 Å². The van der Waals surface area contributed by atoms with E-state index in [1.165, 1.54) is 0 Å². The number of carbonyl (C=O) groups excluding carboxylic acids is 1. The van der Waals surface area contributed by atoms with Gasteiger partial charge in [-0.05, 0) is 19.3 Å². The minimum absolute atomic E-state index is 0.0261. The van der Waals surface area contributed by atoms with Crippen LogP contribution in [0.15, 0.2) is 12.1 Å². The van der Waals surface area contributed by atoms with Crippen LogP contribution in [0.4, 0.5) is 19.1 Å². The summed E-state index contributed by atoms with van der Waals surface area (Å²) in [4.78, 5) is 20.6. The molecule has 1 amide bonds. The Bertz CT molecular complexity index is 864. The number of imidazole rings is 1. The third kappa shape index (κ3) is 3.36. The molecule has 9 heteroatoms. The van der Waals surface area contributed by atoms with Gasteiger partial charge in [-0.2, -0.15) is 0 Å². The van der Waals surface area contributed by atoms with E-state index in [4.69, 9.17) is 5.73 Å². The molecule has 2 fully saturated rings. The first kappa shape index (κ1) is 18.1. The van der Waals surface area contributed by atoms with Crippen LogP contribution in [0.3, 0.4) is 0 Å². The monoisotopic (exact) mass is 381 g/mol. The molecule has 2 aliphatic rings. The maximum absolute atomic E-state index is 13.8. The number of likely N-dealkylation sites (tertiary alicyclic amines) is 1. The summed E-state index contributed by atoms with van der Waals surface area (Å²) < 4.78 is 42.8. The van der Waals surface area contributed by atoms with Gasteiger partial charge in [0.15, 0.2) is 11.6 Å². The number of amides is 1. The van der Waals surface area contributed by atoms with Crippen LogP contribution < -0.4 is 10.6 Å². The molecule has 2 aromatic rings. The lowest BCUT2D eigenvalue weighted by atomic mass is 10.1. The third-order valence-corrected chi connectivity index (χ3v) is 5.38. The highest BCUT2D eigenvalue weighted by Crippen LogP contribution is 2.28. The number of nitrogens with two attached hydrogens (primary N) is 1. The predicted molar refractivity (Wildman–Crippen MR) is 95.2 cm³/mol. The standard InChI is InChI=1S/C18H22F3N5O/c19-11-3-6-25(9-14(11)22)18-23-15-7-12(20)13(21)8-16(15)26(18)10-17(27)24-4-1-2-5-24/h7-8,11,14H,1-6,9-10,22H2/t11-,14-/m1/s1. The van der Waals surface area contributed by atoms with Crippen LogP contribution in [0.2, 0.25) is 0 Å². The normalized spacial score (nSPS) is 23.4. The van der Waals surface area contributed by atoms with Gasteiger partial charge in [0.25, 0.3) is 0 Å². The van der Waals surface area contributed by atoms with E-state index in [1.807, 2.05) is 0 Å². The molecule has 2 saturated heterocycles.